The van der Waals surface area contributed by atoms with Gasteiger partial charge in [0, 0.05) is 17.6 Å². The van der Waals surface area contributed by atoms with Gasteiger partial charge in [-0.05, 0) is 26.0 Å². The highest BCUT2D eigenvalue weighted by Gasteiger charge is 2.00. The van der Waals surface area contributed by atoms with Crippen LogP contribution in [0.5, 0.6) is 0 Å². The molecule has 0 saturated carbocycles. The molecule has 0 fully saturated rings. The Labute approximate surface area is 93.2 Å². The van der Waals surface area contributed by atoms with E-state index in [0.717, 1.165) is 29.6 Å². The minimum Gasteiger partial charge on any atom is -0.465 e. The van der Waals surface area contributed by atoms with Crippen molar-refractivity contribution in [3.05, 3.63) is 39.7 Å². The molecule has 0 aliphatic rings. The normalized spacial score (nSPS) is 10.8. The Morgan fingerprint density at radius 2 is 2.20 bits per heavy atom. The third kappa shape index (κ3) is 2.91. The van der Waals surface area contributed by atoms with Crippen molar-refractivity contribution in [2.75, 3.05) is 0 Å². The monoisotopic (exact) mass is 222 g/mol. The fourth-order valence-electron chi connectivity index (χ4n) is 1.38. The lowest BCUT2D eigenvalue weighted by Gasteiger charge is -1.99. The Morgan fingerprint density at radius 3 is 2.80 bits per heavy atom. The van der Waals surface area contributed by atoms with E-state index >= 15 is 0 Å². The van der Waals surface area contributed by atoms with Crippen LogP contribution in [-0.4, -0.2) is 4.98 Å². The van der Waals surface area contributed by atoms with Crippen molar-refractivity contribution in [1.82, 2.24) is 10.3 Å². The molecule has 0 spiro atoms. The highest BCUT2D eigenvalue weighted by atomic mass is 32.1. The zero-order valence-electron chi connectivity index (χ0n) is 8.91. The number of hydrogen-bond acceptors (Lipinski definition) is 4. The molecule has 0 amide bonds. The number of aromatic nitrogens is 1. The summed E-state index contributed by atoms with van der Waals surface area (Å²) in [7, 11) is 0. The van der Waals surface area contributed by atoms with Gasteiger partial charge >= 0.3 is 0 Å². The van der Waals surface area contributed by atoms with E-state index in [1.54, 1.807) is 11.3 Å². The summed E-state index contributed by atoms with van der Waals surface area (Å²) in [5.41, 5.74) is 0. The van der Waals surface area contributed by atoms with Gasteiger partial charge in [0.25, 0.3) is 0 Å². The maximum Gasteiger partial charge on any atom is 0.117 e. The van der Waals surface area contributed by atoms with E-state index in [1.807, 2.05) is 32.2 Å². The second-order valence-electron chi connectivity index (χ2n) is 3.46. The van der Waals surface area contributed by atoms with Crippen LogP contribution in [0.1, 0.15) is 21.4 Å². The number of hydrogen-bond donors (Lipinski definition) is 1. The van der Waals surface area contributed by atoms with Crippen molar-refractivity contribution >= 4 is 11.3 Å². The maximum absolute atomic E-state index is 5.45. The van der Waals surface area contributed by atoms with Crippen molar-refractivity contribution in [3.8, 4) is 0 Å². The molecule has 2 aromatic heterocycles. The van der Waals surface area contributed by atoms with E-state index in [4.69, 9.17) is 4.42 Å². The minimum atomic E-state index is 0.769. The average molecular weight is 222 g/mol. The standard InChI is InChI=1S/C11H14N2OS/c1-8-3-4-10(14-8)5-12-6-11-7-13-9(2)15-11/h3-4,7,12H,5-6H2,1-2H3. The van der Waals surface area contributed by atoms with E-state index in [9.17, 15) is 0 Å². The summed E-state index contributed by atoms with van der Waals surface area (Å²) >= 11 is 1.72. The maximum atomic E-state index is 5.45. The second-order valence-corrected chi connectivity index (χ2v) is 4.78. The SMILES string of the molecule is Cc1ccc(CNCc2cnc(C)s2)o1. The zero-order valence-corrected chi connectivity index (χ0v) is 9.73. The topological polar surface area (TPSA) is 38.1 Å². The van der Waals surface area contributed by atoms with Gasteiger partial charge in [0.1, 0.15) is 11.5 Å². The Balaban J connectivity index is 1.80. The lowest BCUT2D eigenvalue weighted by molar-refractivity contribution is 0.462. The molecule has 2 aromatic rings. The first-order chi connectivity index (χ1) is 7.24. The van der Waals surface area contributed by atoms with Crippen LogP contribution in [0.2, 0.25) is 0 Å². The number of furan rings is 1. The van der Waals surface area contributed by atoms with Crippen molar-refractivity contribution in [1.29, 1.82) is 0 Å². The van der Waals surface area contributed by atoms with Crippen LogP contribution in [-0.2, 0) is 13.1 Å². The summed E-state index contributed by atoms with van der Waals surface area (Å²) in [4.78, 5) is 5.46. The highest BCUT2D eigenvalue weighted by Crippen LogP contribution is 2.11. The lowest BCUT2D eigenvalue weighted by atomic mass is 10.4. The van der Waals surface area contributed by atoms with Crippen LogP contribution < -0.4 is 5.32 Å². The predicted molar refractivity (Wildman–Crippen MR) is 60.8 cm³/mol. The molecule has 0 aromatic carbocycles. The molecule has 0 saturated heterocycles. The number of thiazole rings is 1. The fraction of sp³-hybridized carbons (Fsp3) is 0.364. The summed E-state index contributed by atoms with van der Waals surface area (Å²) in [6.45, 7) is 5.59. The van der Waals surface area contributed by atoms with Crippen LogP contribution >= 0.6 is 11.3 Å². The first-order valence-electron chi connectivity index (χ1n) is 4.91. The summed E-state index contributed by atoms with van der Waals surface area (Å²) in [5, 5.41) is 4.43. The Kier molecular flexibility index (Phi) is 3.18. The molecule has 0 atom stereocenters. The van der Waals surface area contributed by atoms with Crippen LogP contribution in [0.4, 0.5) is 0 Å². The molecule has 0 aliphatic heterocycles. The summed E-state index contributed by atoms with van der Waals surface area (Å²) in [6.07, 6.45) is 1.92. The van der Waals surface area contributed by atoms with Gasteiger partial charge in [-0.2, -0.15) is 0 Å². The second kappa shape index (κ2) is 4.59. The average Bonchev–Trinajstić information content (AvgIpc) is 2.76. The zero-order chi connectivity index (χ0) is 10.7. The molecule has 0 bridgehead atoms. The molecule has 2 heterocycles. The van der Waals surface area contributed by atoms with Gasteiger partial charge in [-0.3, -0.25) is 0 Å². The van der Waals surface area contributed by atoms with Crippen LogP contribution in [0.25, 0.3) is 0 Å². The largest absolute Gasteiger partial charge is 0.465 e. The molecular weight excluding hydrogens is 208 g/mol. The lowest BCUT2D eigenvalue weighted by Crippen LogP contribution is -2.10. The number of nitrogens with zero attached hydrogens (tertiary/aromatic N) is 1. The van der Waals surface area contributed by atoms with Crippen LogP contribution in [0.15, 0.2) is 22.7 Å². The van der Waals surface area contributed by atoms with E-state index < -0.39 is 0 Å². The molecule has 2 rings (SSSR count). The van der Waals surface area contributed by atoms with Gasteiger partial charge in [-0.1, -0.05) is 0 Å². The minimum absolute atomic E-state index is 0.769. The summed E-state index contributed by atoms with van der Waals surface area (Å²) < 4.78 is 5.45. The Hall–Kier alpha value is -1.13. The molecule has 0 aliphatic carbocycles. The van der Waals surface area contributed by atoms with Crippen LogP contribution in [0.3, 0.4) is 0 Å². The fourth-order valence-corrected chi connectivity index (χ4v) is 2.14. The first kappa shape index (κ1) is 10.4. The van der Waals surface area contributed by atoms with E-state index in [1.165, 1.54) is 4.88 Å². The van der Waals surface area contributed by atoms with Crippen molar-refractivity contribution in [3.63, 3.8) is 0 Å². The van der Waals surface area contributed by atoms with Gasteiger partial charge in [-0.25, -0.2) is 4.98 Å². The van der Waals surface area contributed by atoms with Gasteiger partial charge in [-0.15, -0.1) is 11.3 Å². The molecule has 1 N–H and O–H groups in total. The van der Waals surface area contributed by atoms with E-state index in [-0.39, 0.29) is 0 Å². The number of aryl methyl sites for hydroxylation is 2. The van der Waals surface area contributed by atoms with Gasteiger partial charge < -0.3 is 9.73 Å². The third-order valence-corrected chi connectivity index (χ3v) is 2.98. The van der Waals surface area contributed by atoms with E-state index in [2.05, 4.69) is 10.3 Å². The van der Waals surface area contributed by atoms with E-state index in [0.29, 0.717) is 0 Å². The quantitative estimate of drug-likeness (QED) is 0.864. The number of nitrogens with one attached hydrogen (secondary N) is 1. The molecule has 4 heteroatoms. The molecule has 0 unspecified atom stereocenters. The molecular formula is C11H14N2OS. The predicted octanol–water partition coefficient (Wildman–Crippen LogP) is 2.64. The third-order valence-electron chi connectivity index (χ3n) is 2.06. The van der Waals surface area contributed by atoms with Crippen molar-refractivity contribution in [2.24, 2.45) is 0 Å². The molecule has 0 radical (unpaired) electrons. The summed E-state index contributed by atoms with van der Waals surface area (Å²) in [6, 6.07) is 3.98. The van der Waals surface area contributed by atoms with Crippen molar-refractivity contribution in [2.45, 2.75) is 26.9 Å². The van der Waals surface area contributed by atoms with Crippen molar-refractivity contribution < 1.29 is 4.42 Å². The van der Waals surface area contributed by atoms with Crippen LogP contribution in [0, 0.1) is 13.8 Å². The molecule has 80 valence electrons. The molecule has 15 heavy (non-hydrogen) atoms. The Bertz CT molecular complexity index is 393. The Morgan fingerprint density at radius 1 is 1.33 bits per heavy atom. The summed E-state index contributed by atoms with van der Waals surface area (Å²) in [5.74, 6) is 1.94. The van der Waals surface area contributed by atoms with Gasteiger partial charge in [0.05, 0.1) is 11.6 Å². The highest BCUT2D eigenvalue weighted by molar-refractivity contribution is 7.11. The molecule has 3 nitrogen and oxygen atoms in total. The first-order valence-corrected chi connectivity index (χ1v) is 5.73. The number of rotatable bonds is 4. The van der Waals surface area contributed by atoms with Gasteiger partial charge in [0.2, 0.25) is 0 Å². The van der Waals surface area contributed by atoms with Gasteiger partial charge in [0.15, 0.2) is 0 Å². The smallest absolute Gasteiger partial charge is 0.117 e.